The molecule has 136 valence electrons. The first-order valence-electron chi connectivity index (χ1n) is 8.44. The van der Waals surface area contributed by atoms with Crippen LogP contribution in [0.3, 0.4) is 0 Å². The van der Waals surface area contributed by atoms with Gasteiger partial charge in [0.1, 0.15) is 6.04 Å². The van der Waals surface area contributed by atoms with Crippen molar-refractivity contribution in [2.75, 3.05) is 16.9 Å². The average Bonchev–Trinajstić information content (AvgIpc) is 3.10. The number of aryl methyl sites for hydroxylation is 2. The fourth-order valence-corrected chi connectivity index (χ4v) is 4.24. The highest BCUT2D eigenvalue weighted by molar-refractivity contribution is 7.99. The summed E-state index contributed by atoms with van der Waals surface area (Å²) in [7, 11) is 0. The molecular weight excluding hydrogens is 368 g/mol. The summed E-state index contributed by atoms with van der Waals surface area (Å²) in [5, 5.41) is 3.51. The molecule has 0 saturated carbocycles. The maximum absolute atomic E-state index is 12.7. The Labute approximate surface area is 162 Å². The maximum atomic E-state index is 12.7. The third-order valence-corrected chi connectivity index (χ3v) is 5.96. The number of halogens is 1. The molecule has 2 aromatic carbocycles. The topological polar surface area (TPSA) is 49.4 Å². The third-order valence-electron chi connectivity index (χ3n) is 4.58. The van der Waals surface area contributed by atoms with Gasteiger partial charge in [-0.1, -0.05) is 35.9 Å². The minimum Gasteiger partial charge on any atom is -0.324 e. The van der Waals surface area contributed by atoms with Gasteiger partial charge >= 0.3 is 0 Å². The molecule has 1 saturated heterocycles. The van der Waals surface area contributed by atoms with E-state index in [2.05, 4.69) is 5.32 Å². The van der Waals surface area contributed by atoms with E-state index >= 15 is 0 Å². The number of carbonyl (C=O) groups is 2. The van der Waals surface area contributed by atoms with Crippen LogP contribution in [0.5, 0.6) is 0 Å². The standard InChI is InChI=1S/C20H21ClN2O2S/c1-13-7-8-16(9-14(13)2)22-20(25)18-11-26-12-23(18)19(24)10-15-5-3-4-6-17(15)21/h3-9,18H,10-12H2,1-2H3,(H,22,25). The van der Waals surface area contributed by atoms with Gasteiger partial charge in [0.05, 0.1) is 12.3 Å². The number of rotatable bonds is 4. The van der Waals surface area contributed by atoms with Crippen LogP contribution in [0, 0.1) is 13.8 Å². The Balaban J connectivity index is 1.68. The Morgan fingerprint density at radius 2 is 1.96 bits per heavy atom. The number of hydrogen-bond acceptors (Lipinski definition) is 3. The van der Waals surface area contributed by atoms with Gasteiger partial charge in [-0.3, -0.25) is 9.59 Å². The summed E-state index contributed by atoms with van der Waals surface area (Å²) >= 11 is 7.74. The number of amides is 2. The van der Waals surface area contributed by atoms with Gasteiger partial charge in [-0.25, -0.2) is 0 Å². The van der Waals surface area contributed by atoms with E-state index in [1.807, 2.05) is 50.2 Å². The lowest BCUT2D eigenvalue weighted by Gasteiger charge is -2.23. The van der Waals surface area contributed by atoms with Crippen molar-refractivity contribution in [2.45, 2.75) is 26.3 Å². The minimum atomic E-state index is -0.461. The van der Waals surface area contributed by atoms with Crippen LogP contribution in [0.25, 0.3) is 0 Å². The quantitative estimate of drug-likeness (QED) is 0.859. The lowest BCUT2D eigenvalue weighted by Crippen LogP contribution is -2.45. The number of nitrogens with zero attached hydrogens (tertiary/aromatic N) is 1. The molecule has 4 nitrogen and oxygen atoms in total. The maximum Gasteiger partial charge on any atom is 0.248 e. The Bertz CT molecular complexity index is 840. The normalized spacial score (nSPS) is 16.6. The van der Waals surface area contributed by atoms with E-state index in [0.29, 0.717) is 16.7 Å². The van der Waals surface area contributed by atoms with Gasteiger partial charge in [0.2, 0.25) is 11.8 Å². The highest BCUT2D eigenvalue weighted by Crippen LogP contribution is 2.25. The summed E-state index contributed by atoms with van der Waals surface area (Å²) in [6.07, 6.45) is 0.202. The van der Waals surface area contributed by atoms with Crippen LogP contribution in [0.1, 0.15) is 16.7 Å². The third kappa shape index (κ3) is 4.22. The second kappa shape index (κ2) is 8.14. The molecule has 1 aliphatic rings. The molecule has 1 unspecified atom stereocenters. The molecular formula is C20H21ClN2O2S. The highest BCUT2D eigenvalue weighted by Gasteiger charge is 2.34. The van der Waals surface area contributed by atoms with Crippen LogP contribution < -0.4 is 5.32 Å². The molecule has 1 N–H and O–H groups in total. The summed E-state index contributed by atoms with van der Waals surface area (Å²) in [5.74, 6) is 0.897. The van der Waals surface area contributed by atoms with Gasteiger partial charge in [-0.05, 0) is 48.7 Å². The molecule has 2 aromatic rings. The molecule has 3 rings (SSSR count). The number of anilines is 1. The van der Waals surface area contributed by atoms with Crippen molar-refractivity contribution in [1.82, 2.24) is 4.90 Å². The van der Waals surface area contributed by atoms with Gasteiger partial charge in [0.15, 0.2) is 0 Å². The molecule has 0 spiro atoms. The van der Waals surface area contributed by atoms with E-state index in [-0.39, 0.29) is 18.2 Å². The van der Waals surface area contributed by atoms with Gasteiger partial charge < -0.3 is 10.2 Å². The molecule has 1 heterocycles. The molecule has 1 atom stereocenters. The first-order chi connectivity index (χ1) is 12.5. The molecule has 0 aliphatic carbocycles. The molecule has 0 radical (unpaired) electrons. The lowest BCUT2D eigenvalue weighted by atomic mass is 10.1. The largest absolute Gasteiger partial charge is 0.324 e. The molecule has 1 fully saturated rings. The van der Waals surface area contributed by atoms with Crippen molar-refractivity contribution in [3.63, 3.8) is 0 Å². The fraction of sp³-hybridized carbons (Fsp3) is 0.300. The number of hydrogen-bond donors (Lipinski definition) is 1. The van der Waals surface area contributed by atoms with E-state index in [1.54, 1.807) is 22.7 Å². The van der Waals surface area contributed by atoms with Gasteiger partial charge in [0.25, 0.3) is 0 Å². The summed E-state index contributed by atoms with van der Waals surface area (Å²) in [4.78, 5) is 27.1. The number of thioether (sulfide) groups is 1. The van der Waals surface area contributed by atoms with E-state index in [9.17, 15) is 9.59 Å². The van der Waals surface area contributed by atoms with Crippen LogP contribution in [-0.4, -0.2) is 34.4 Å². The highest BCUT2D eigenvalue weighted by atomic mass is 35.5. The molecule has 1 aliphatic heterocycles. The van der Waals surface area contributed by atoms with Gasteiger partial charge in [0, 0.05) is 16.5 Å². The molecule has 0 bridgehead atoms. The average molecular weight is 389 g/mol. The van der Waals surface area contributed by atoms with Gasteiger partial charge in [-0.15, -0.1) is 11.8 Å². The molecule has 2 amide bonds. The zero-order valence-corrected chi connectivity index (χ0v) is 16.4. The summed E-state index contributed by atoms with van der Waals surface area (Å²) in [6.45, 7) is 4.04. The monoisotopic (exact) mass is 388 g/mol. The Morgan fingerprint density at radius 3 is 2.69 bits per heavy atom. The summed E-state index contributed by atoms with van der Waals surface area (Å²) in [5.41, 5.74) is 3.84. The smallest absolute Gasteiger partial charge is 0.248 e. The van der Waals surface area contributed by atoms with Crippen molar-refractivity contribution in [3.05, 3.63) is 64.2 Å². The van der Waals surface area contributed by atoms with Crippen molar-refractivity contribution in [2.24, 2.45) is 0 Å². The Hall–Kier alpha value is -1.98. The van der Waals surface area contributed by atoms with Crippen molar-refractivity contribution >= 4 is 40.9 Å². The van der Waals surface area contributed by atoms with Crippen LogP contribution in [0.4, 0.5) is 5.69 Å². The Kier molecular flexibility index (Phi) is 5.89. The van der Waals surface area contributed by atoms with Crippen LogP contribution in [0.2, 0.25) is 5.02 Å². The summed E-state index contributed by atoms with van der Waals surface area (Å²) < 4.78 is 0. The van der Waals surface area contributed by atoms with Crippen molar-refractivity contribution < 1.29 is 9.59 Å². The van der Waals surface area contributed by atoms with Crippen molar-refractivity contribution in [1.29, 1.82) is 0 Å². The van der Waals surface area contributed by atoms with Crippen molar-refractivity contribution in [3.8, 4) is 0 Å². The zero-order valence-electron chi connectivity index (χ0n) is 14.8. The first-order valence-corrected chi connectivity index (χ1v) is 9.97. The van der Waals surface area contributed by atoms with E-state index in [4.69, 9.17) is 11.6 Å². The van der Waals surface area contributed by atoms with E-state index in [1.165, 1.54) is 5.56 Å². The second-order valence-corrected chi connectivity index (χ2v) is 7.84. The summed E-state index contributed by atoms with van der Waals surface area (Å²) in [6, 6.07) is 12.7. The zero-order chi connectivity index (χ0) is 18.7. The number of nitrogens with one attached hydrogen (secondary N) is 1. The Morgan fingerprint density at radius 1 is 1.19 bits per heavy atom. The lowest BCUT2D eigenvalue weighted by molar-refractivity contribution is -0.135. The number of carbonyl (C=O) groups excluding carboxylic acids is 2. The van der Waals surface area contributed by atoms with Crippen LogP contribution >= 0.6 is 23.4 Å². The molecule has 0 aromatic heterocycles. The number of benzene rings is 2. The predicted molar refractivity (Wildman–Crippen MR) is 108 cm³/mol. The van der Waals surface area contributed by atoms with Crippen LogP contribution in [0.15, 0.2) is 42.5 Å². The first kappa shape index (κ1) is 18.8. The SMILES string of the molecule is Cc1ccc(NC(=O)C2CSCN2C(=O)Cc2ccccc2Cl)cc1C. The van der Waals surface area contributed by atoms with Crippen LogP contribution in [-0.2, 0) is 16.0 Å². The fourth-order valence-electron chi connectivity index (χ4n) is 2.86. The van der Waals surface area contributed by atoms with E-state index < -0.39 is 6.04 Å². The molecule has 6 heteroatoms. The van der Waals surface area contributed by atoms with Gasteiger partial charge in [-0.2, -0.15) is 0 Å². The van der Waals surface area contributed by atoms with E-state index in [0.717, 1.165) is 16.8 Å². The second-order valence-electron chi connectivity index (χ2n) is 6.44. The minimum absolute atomic E-state index is 0.0802. The molecule has 26 heavy (non-hydrogen) atoms. The predicted octanol–water partition coefficient (Wildman–Crippen LogP) is 4.04.